The van der Waals surface area contributed by atoms with Crippen molar-refractivity contribution in [3.8, 4) is 0 Å². The van der Waals surface area contributed by atoms with Gasteiger partial charge in [0.05, 0.1) is 3.42 Å². The van der Waals surface area contributed by atoms with Crippen molar-refractivity contribution in [3.63, 3.8) is 0 Å². The molecule has 3 nitrogen and oxygen atoms in total. The highest BCUT2D eigenvalue weighted by atomic mass is 127. The highest BCUT2D eigenvalue weighted by Crippen LogP contribution is 2.49. The zero-order valence-electron chi connectivity index (χ0n) is 13.4. The molecule has 2 atom stereocenters. The van der Waals surface area contributed by atoms with Crippen LogP contribution in [0, 0.1) is 5.92 Å². The minimum Gasteiger partial charge on any atom is -0.332 e. The van der Waals surface area contributed by atoms with Crippen molar-refractivity contribution in [3.05, 3.63) is 34.9 Å². The second-order valence-corrected chi connectivity index (χ2v) is 9.86. The SMILES string of the molecule is O=C1c2cccc3c2[C@](I)(CCC3)CN1[C@@H]1CN2CCC1CC2. The zero-order valence-corrected chi connectivity index (χ0v) is 15.6. The minimum absolute atomic E-state index is 0.141. The van der Waals surface area contributed by atoms with Gasteiger partial charge in [0.15, 0.2) is 0 Å². The Labute approximate surface area is 151 Å². The van der Waals surface area contributed by atoms with Crippen LogP contribution in [0.5, 0.6) is 0 Å². The monoisotopic (exact) mass is 422 g/mol. The third kappa shape index (κ3) is 2.13. The number of carbonyl (C=O) groups is 1. The van der Waals surface area contributed by atoms with E-state index in [4.69, 9.17) is 0 Å². The van der Waals surface area contributed by atoms with Crippen molar-refractivity contribution in [2.24, 2.45) is 5.92 Å². The van der Waals surface area contributed by atoms with Crippen LogP contribution < -0.4 is 0 Å². The number of carbonyl (C=O) groups excluding carboxylic acids is 1. The molecule has 1 aliphatic carbocycles. The second-order valence-electron chi connectivity index (χ2n) is 7.80. The molecule has 3 fully saturated rings. The van der Waals surface area contributed by atoms with Crippen LogP contribution in [0.25, 0.3) is 0 Å². The average Bonchev–Trinajstić information content (AvgIpc) is 2.59. The summed E-state index contributed by atoms with van der Waals surface area (Å²) in [5.41, 5.74) is 3.79. The maximum absolute atomic E-state index is 13.3. The van der Waals surface area contributed by atoms with Gasteiger partial charge in [-0.1, -0.05) is 34.7 Å². The summed E-state index contributed by atoms with van der Waals surface area (Å²) in [6.45, 7) is 4.49. The van der Waals surface area contributed by atoms with Gasteiger partial charge < -0.3 is 9.80 Å². The van der Waals surface area contributed by atoms with Gasteiger partial charge in [-0.2, -0.15) is 0 Å². The van der Waals surface area contributed by atoms with Gasteiger partial charge in [-0.3, -0.25) is 4.79 Å². The third-order valence-corrected chi connectivity index (χ3v) is 7.97. The average molecular weight is 422 g/mol. The molecule has 0 aromatic heterocycles. The van der Waals surface area contributed by atoms with E-state index < -0.39 is 0 Å². The lowest BCUT2D eigenvalue weighted by atomic mass is 9.75. The van der Waals surface area contributed by atoms with Gasteiger partial charge in [0, 0.05) is 24.7 Å². The molecule has 0 radical (unpaired) electrons. The Morgan fingerprint density at radius 3 is 2.78 bits per heavy atom. The highest BCUT2D eigenvalue weighted by molar-refractivity contribution is 14.1. The number of rotatable bonds is 1. The van der Waals surface area contributed by atoms with E-state index in [1.165, 1.54) is 49.9 Å². The normalized spacial score (nSPS) is 38.6. The molecule has 1 aromatic rings. The Hall–Kier alpha value is -0.620. The van der Waals surface area contributed by atoms with Gasteiger partial charge in [0.1, 0.15) is 0 Å². The number of halogens is 1. The number of hydrogen-bond acceptors (Lipinski definition) is 2. The highest BCUT2D eigenvalue weighted by Gasteiger charge is 2.48. The predicted molar refractivity (Wildman–Crippen MR) is 99.1 cm³/mol. The second kappa shape index (κ2) is 5.19. The van der Waals surface area contributed by atoms with Gasteiger partial charge >= 0.3 is 0 Å². The molecule has 0 unspecified atom stereocenters. The number of benzene rings is 1. The lowest BCUT2D eigenvalue weighted by Crippen LogP contribution is -2.62. The minimum atomic E-state index is 0.141. The Bertz CT molecular complexity index is 667. The van der Waals surface area contributed by atoms with Crippen molar-refractivity contribution in [2.75, 3.05) is 26.2 Å². The molecule has 4 aliphatic heterocycles. The van der Waals surface area contributed by atoms with Crippen LogP contribution in [0.2, 0.25) is 0 Å². The summed E-state index contributed by atoms with van der Waals surface area (Å²) in [5, 5.41) is 0. The molecule has 4 heterocycles. The summed E-state index contributed by atoms with van der Waals surface area (Å²) >= 11 is 2.67. The Morgan fingerprint density at radius 1 is 1.22 bits per heavy atom. The summed E-state index contributed by atoms with van der Waals surface area (Å²) in [7, 11) is 0. The van der Waals surface area contributed by atoms with Crippen LogP contribution in [-0.4, -0.2) is 47.9 Å². The number of hydrogen-bond donors (Lipinski definition) is 0. The molecule has 5 aliphatic rings. The zero-order chi connectivity index (χ0) is 15.6. The number of aryl methyl sites for hydroxylation is 1. The Morgan fingerprint density at radius 2 is 2.04 bits per heavy atom. The van der Waals surface area contributed by atoms with Crippen molar-refractivity contribution >= 4 is 28.5 Å². The van der Waals surface area contributed by atoms with Crippen LogP contribution in [0.3, 0.4) is 0 Å². The Kier molecular flexibility index (Phi) is 3.31. The summed E-state index contributed by atoms with van der Waals surface area (Å²) in [4.78, 5) is 18.1. The van der Waals surface area contributed by atoms with E-state index in [1.807, 2.05) is 0 Å². The molecule has 23 heavy (non-hydrogen) atoms. The first-order valence-electron chi connectivity index (χ1n) is 9.00. The van der Waals surface area contributed by atoms with E-state index in [-0.39, 0.29) is 3.42 Å². The molecule has 2 bridgehead atoms. The van der Waals surface area contributed by atoms with E-state index in [9.17, 15) is 4.79 Å². The van der Waals surface area contributed by atoms with Crippen LogP contribution in [-0.2, 0) is 9.84 Å². The number of alkyl halides is 1. The maximum atomic E-state index is 13.3. The molecule has 1 amide bonds. The van der Waals surface area contributed by atoms with E-state index in [0.717, 1.165) is 31.0 Å². The van der Waals surface area contributed by atoms with Crippen LogP contribution in [0.4, 0.5) is 0 Å². The van der Waals surface area contributed by atoms with Gasteiger partial charge in [-0.15, -0.1) is 0 Å². The molecular weight excluding hydrogens is 399 g/mol. The summed E-state index contributed by atoms with van der Waals surface area (Å²) in [5.74, 6) is 1.02. The van der Waals surface area contributed by atoms with E-state index >= 15 is 0 Å². The third-order valence-electron chi connectivity index (χ3n) is 6.55. The van der Waals surface area contributed by atoms with Crippen molar-refractivity contribution < 1.29 is 4.79 Å². The first-order valence-corrected chi connectivity index (χ1v) is 10.1. The summed E-state index contributed by atoms with van der Waals surface area (Å²) in [6, 6.07) is 6.85. The van der Waals surface area contributed by atoms with Gasteiger partial charge in [0.2, 0.25) is 0 Å². The molecule has 6 rings (SSSR count). The van der Waals surface area contributed by atoms with E-state index in [2.05, 4.69) is 50.6 Å². The van der Waals surface area contributed by atoms with Crippen molar-refractivity contribution in [2.45, 2.75) is 41.6 Å². The standard InChI is InChI=1S/C19H23IN2O/c20-19-8-2-4-14-3-1-5-15(17(14)19)18(23)22(12-19)16-11-21-9-6-13(16)7-10-21/h1,3,5,13,16H,2,4,6-12H2/t16-,19+/m1/s1. The first kappa shape index (κ1) is 14.7. The molecule has 0 N–H and O–H groups in total. The van der Waals surface area contributed by atoms with E-state index in [0.29, 0.717) is 11.9 Å². The molecule has 122 valence electrons. The molecule has 0 saturated carbocycles. The van der Waals surface area contributed by atoms with Gasteiger partial charge in [-0.05, 0) is 68.3 Å². The maximum Gasteiger partial charge on any atom is 0.254 e. The fourth-order valence-corrected chi connectivity index (χ4v) is 6.80. The van der Waals surface area contributed by atoms with Gasteiger partial charge in [0.25, 0.3) is 5.91 Å². The topological polar surface area (TPSA) is 23.6 Å². The molecule has 1 aromatic carbocycles. The first-order chi connectivity index (χ1) is 11.2. The summed E-state index contributed by atoms with van der Waals surface area (Å²) < 4.78 is 0.141. The van der Waals surface area contributed by atoms with E-state index in [1.54, 1.807) is 0 Å². The number of piperidine rings is 3. The molecule has 4 heteroatoms. The van der Waals surface area contributed by atoms with Crippen LogP contribution in [0.1, 0.15) is 47.2 Å². The summed E-state index contributed by atoms with van der Waals surface area (Å²) in [6.07, 6.45) is 6.15. The fourth-order valence-electron chi connectivity index (χ4n) is 5.41. The van der Waals surface area contributed by atoms with Crippen LogP contribution >= 0.6 is 22.6 Å². The molecule has 3 saturated heterocycles. The fraction of sp³-hybridized carbons (Fsp3) is 0.632. The van der Waals surface area contributed by atoms with Crippen molar-refractivity contribution in [1.29, 1.82) is 0 Å². The van der Waals surface area contributed by atoms with Crippen LogP contribution in [0.15, 0.2) is 18.2 Å². The predicted octanol–water partition coefficient (Wildman–Crippen LogP) is 3.20. The number of fused-ring (bicyclic) bond motifs is 3. The largest absolute Gasteiger partial charge is 0.332 e. The Balaban J connectivity index is 1.57. The van der Waals surface area contributed by atoms with Crippen molar-refractivity contribution in [1.82, 2.24) is 9.80 Å². The number of nitrogens with zero attached hydrogens (tertiary/aromatic N) is 2. The van der Waals surface area contributed by atoms with Gasteiger partial charge in [-0.25, -0.2) is 0 Å². The molecular formula is C19H23IN2O. The lowest BCUT2D eigenvalue weighted by Gasteiger charge is -2.53. The number of amides is 1. The quantitative estimate of drug-likeness (QED) is 0.513. The lowest BCUT2D eigenvalue weighted by molar-refractivity contribution is 0.00171. The smallest absolute Gasteiger partial charge is 0.254 e. The molecule has 0 spiro atoms.